The maximum atomic E-state index is 10.2. The first-order valence-corrected chi connectivity index (χ1v) is 3.49. The van der Waals surface area contributed by atoms with Crippen LogP contribution in [0.2, 0.25) is 0 Å². The zero-order chi connectivity index (χ0) is 8.31. The molecule has 10 heavy (non-hydrogen) atoms. The van der Waals surface area contributed by atoms with Crippen LogP contribution in [0.3, 0.4) is 0 Å². The van der Waals surface area contributed by atoms with Crippen LogP contribution in [0.15, 0.2) is 0 Å². The minimum Gasteiger partial charge on any atom is -0.365 e. The number of hydrogen-bond donors (Lipinski definition) is 3. The Bertz CT molecular complexity index is 158. The molecule has 0 aliphatic heterocycles. The molecule has 0 radical (unpaired) electrons. The van der Waals surface area contributed by atoms with E-state index in [1.807, 2.05) is 0 Å². The molecule has 6 nitrogen and oxygen atoms in total. The summed E-state index contributed by atoms with van der Waals surface area (Å²) in [6.07, 6.45) is 0. The molecule has 56 valence electrons. The summed E-state index contributed by atoms with van der Waals surface area (Å²) in [4.78, 5) is 28.6. The van der Waals surface area contributed by atoms with Crippen LogP contribution in [0.1, 0.15) is 0 Å². The number of hydrogen-bond acceptors (Lipinski definition) is 3. The van der Waals surface area contributed by atoms with E-state index in [2.05, 4.69) is 11.5 Å². The minimum atomic E-state index is -2.94. The van der Waals surface area contributed by atoms with Gasteiger partial charge in [0.1, 0.15) is 0 Å². The van der Waals surface area contributed by atoms with E-state index >= 15 is 0 Å². The molecular formula is C3H6N2O4P+. The predicted molar refractivity (Wildman–Crippen MR) is 32.0 cm³/mol. The summed E-state index contributed by atoms with van der Waals surface area (Å²) < 4.78 is 10.1. The molecule has 0 aromatic heterocycles. The summed E-state index contributed by atoms with van der Waals surface area (Å²) >= 11 is 0. The van der Waals surface area contributed by atoms with E-state index < -0.39 is 25.5 Å². The SMILES string of the molecule is NC(=O)C(C(N)=O)[P+](=O)O. The van der Waals surface area contributed by atoms with Crippen molar-refractivity contribution in [3.8, 4) is 0 Å². The zero-order valence-electron chi connectivity index (χ0n) is 4.85. The van der Waals surface area contributed by atoms with Crippen molar-refractivity contribution in [3.05, 3.63) is 0 Å². The Morgan fingerprint density at radius 2 is 1.60 bits per heavy atom. The van der Waals surface area contributed by atoms with Crippen LogP contribution < -0.4 is 11.5 Å². The molecule has 0 aliphatic carbocycles. The number of rotatable bonds is 3. The lowest BCUT2D eigenvalue weighted by atomic mass is 10.4. The van der Waals surface area contributed by atoms with Gasteiger partial charge in [-0.25, -0.2) is 0 Å². The summed E-state index contributed by atoms with van der Waals surface area (Å²) in [5, 5.41) is 0. The van der Waals surface area contributed by atoms with Gasteiger partial charge in [-0.1, -0.05) is 0 Å². The van der Waals surface area contributed by atoms with Gasteiger partial charge < -0.3 is 11.5 Å². The Kier molecular flexibility index (Phi) is 2.92. The molecule has 1 unspecified atom stereocenters. The minimum absolute atomic E-state index is 1.18. The van der Waals surface area contributed by atoms with Crippen molar-refractivity contribution in [2.75, 3.05) is 0 Å². The Morgan fingerprint density at radius 1 is 1.30 bits per heavy atom. The Hall–Kier alpha value is -1.00. The van der Waals surface area contributed by atoms with Crippen LogP contribution in [0, 0.1) is 0 Å². The molecule has 0 rings (SSSR count). The van der Waals surface area contributed by atoms with Gasteiger partial charge in [0.2, 0.25) is 0 Å². The summed E-state index contributed by atoms with van der Waals surface area (Å²) in [5.41, 5.74) is 7.34. The maximum Gasteiger partial charge on any atom is 0.529 e. The van der Waals surface area contributed by atoms with E-state index in [-0.39, 0.29) is 0 Å². The van der Waals surface area contributed by atoms with E-state index in [1.165, 1.54) is 0 Å². The zero-order valence-corrected chi connectivity index (χ0v) is 5.75. The van der Waals surface area contributed by atoms with Gasteiger partial charge in [-0.2, -0.15) is 4.89 Å². The van der Waals surface area contributed by atoms with Gasteiger partial charge in [0.25, 0.3) is 11.8 Å². The summed E-state index contributed by atoms with van der Waals surface area (Å²) in [5.74, 6) is -2.37. The third-order valence-corrected chi connectivity index (χ3v) is 1.71. The smallest absolute Gasteiger partial charge is 0.365 e. The number of nitrogens with two attached hydrogens (primary N) is 2. The molecule has 2 amide bonds. The van der Waals surface area contributed by atoms with Crippen molar-refractivity contribution >= 4 is 19.8 Å². The van der Waals surface area contributed by atoms with Crippen LogP contribution in [0.25, 0.3) is 0 Å². The van der Waals surface area contributed by atoms with Gasteiger partial charge in [0.05, 0.1) is 0 Å². The highest BCUT2D eigenvalue weighted by Gasteiger charge is 2.40. The first kappa shape index (κ1) is 9.00. The second-order valence-corrected chi connectivity index (χ2v) is 2.63. The Labute approximate surface area is 57.1 Å². The van der Waals surface area contributed by atoms with Crippen molar-refractivity contribution in [1.29, 1.82) is 0 Å². The molecule has 0 heterocycles. The fourth-order valence-electron chi connectivity index (χ4n) is 0.358. The Balaban J connectivity index is 4.43. The average Bonchev–Trinajstić information content (AvgIpc) is 1.59. The van der Waals surface area contributed by atoms with Gasteiger partial charge in [-0.05, 0) is 4.57 Å². The lowest BCUT2D eigenvalue weighted by Gasteiger charge is -1.91. The molecule has 0 saturated heterocycles. The van der Waals surface area contributed by atoms with Crippen LogP contribution in [0.4, 0.5) is 0 Å². The van der Waals surface area contributed by atoms with Gasteiger partial charge in [0.15, 0.2) is 0 Å². The number of primary amides is 2. The van der Waals surface area contributed by atoms with Crippen molar-refractivity contribution in [2.45, 2.75) is 5.66 Å². The molecule has 7 heteroatoms. The van der Waals surface area contributed by atoms with Crippen molar-refractivity contribution in [3.63, 3.8) is 0 Å². The highest BCUT2D eigenvalue weighted by atomic mass is 31.1. The molecule has 0 aromatic rings. The first-order chi connectivity index (χ1) is 4.46. The number of amides is 2. The van der Waals surface area contributed by atoms with Crippen LogP contribution >= 0.6 is 8.03 Å². The van der Waals surface area contributed by atoms with E-state index in [1.54, 1.807) is 0 Å². The highest BCUT2D eigenvalue weighted by molar-refractivity contribution is 7.41. The van der Waals surface area contributed by atoms with E-state index in [0.717, 1.165) is 0 Å². The second kappa shape index (κ2) is 3.24. The van der Waals surface area contributed by atoms with Gasteiger partial charge in [0, 0.05) is 0 Å². The van der Waals surface area contributed by atoms with E-state index in [9.17, 15) is 14.2 Å². The number of carbonyl (C=O) groups is 2. The summed E-state index contributed by atoms with van der Waals surface area (Å²) in [6, 6.07) is 0. The molecule has 5 N–H and O–H groups in total. The lowest BCUT2D eigenvalue weighted by molar-refractivity contribution is -0.125. The normalized spacial score (nSPS) is 11.2. The highest BCUT2D eigenvalue weighted by Crippen LogP contribution is 2.20. The molecule has 0 aliphatic rings. The standard InChI is InChI=1S/C3H5N2O4P/c4-2(6)1(3(5)7)10(8)9/h1H,(H4-,4,5,6,7,8,9)/p+1. The summed E-state index contributed by atoms with van der Waals surface area (Å²) in [6.45, 7) is 0. The molecule has 0 spiro atoms. The third kappa shape index (κ3) is 2.08. The topological polar surface area (TPSA) is 123 Å². The molecule has 0 saturated carbocycles. The van der Waals surface area contributed by atoms with Crippen LogP contribution in [0.5, 0.6) is 0 Å². The fourth-order valence-corrected chi connectivity index (χ4v) is 0.793. The van der Waals surface area contributed by atoms with E-state index in [4.69, 9.17) is 4.89 Å². The summed E-state index contributed by atoms with van der Waals surface area (Å²) in [7, 11) is -2.94. The third-order valence-electron chi connectivity index (χ3n) is 0.760. The van der Waals surface area contributed by atoms with Crippen LogP contribution in [-0.4, -0.2) is 22.4 Å². The van der Waals surface area contributed by atoms with Crippen molar-refractivity contribution < 1.29 is 19.0 Å². The largest absolute Gasteiger partial charge is 0.529 e. The average molecular weight is 165 g/mol. The molecular weight excluding hydrogens is 159 g/mol. The van der Waals surface area contributed by atoms with Crippen LogP contribution in [-0.2, 0) is 14.2 Å². The molecule has 0 bridgehead atoms. The van der Waals surface area contributed by atoms with Gasteiger partial charge in [-0.15, -0.1) is 0 Å². The van der Waals surface area contributed by atoms with Gasteiger partial charge >= 0.3 is 13.7 Å². The molecule has 1 atom stereocenters. The monoisotopic (exact) mass is 165 g/mol. The van der Waals surface area contributed by atoms with Crippen molar-refractivity contribution in [2.24, 2.45) is 11.5 Å². The Morgan fingerprint density at radius 3 is 1.60 bits per heavy atom. The second-order valence-electron chi connectivity index (χ2n) is 1.51. The van der Waals surface area contributed by atoms with Gasteiger partial charge in [-0.3, -0.25) is 9.59 Å². The predicted octanol–water partition coefficient (Wildman–Crippen LogP) is -1.94. The van der Waals surface area contributed by atoms with E-state index in [0.29, 0.717) is 0 Å². The maximum absolute atomic E-state index is 10.2. The molecule has 0 aromatic carbocycles. The lowest BCUT2D eigenvalue weighted by Crippen LogP contribution is -2.37. The quantitative estimate of drug-likeness (QED) is 0.332. The fraction of sp³-hybridized carbons (Fsp3) is 0.333. The first-order valence-electron chi connectivity index (χ1n) is 2.20. The molecule has 0 fully saturated rings. The number of carbonyl (C=O) groups excluding carboxylic acids is 2. The van der Waals surface area contributed by atoms with Crippen molar-refractivity contribution in [1.82, 2.24) is 0 Å².